The largest absolute Gasteiger partial charge is 0.610 e. The number of fused-ring (bicyclic) bond motifs is 1. The van der Waals surface area contributed by atoms with E-state index in [1.54, 1.807) is 12.4 Å². The Kier molecular flexibility index (Phi) is 4.22. The standard InChI is InChI=1S/C12H14N2O3S/c1-10(15)17-8-3-9-18(16)12-5-2-4-11-13-6-7-14(11)12/h2,4-7H,3,8-9H2,1H3. The lowest BCUT2D eigenvalue weighted by Gasteiger charge is -2.11. The van der Waals surface area contributed by atoms with Gasteiger partial charge < -0.3 is 9.29 Å². The molecular weight excluding hydrogens is 252 g/mol. The smallest absolute Gasteiger partial charge is 0.302 e. The molecule has 1 atom stereocenters. The number of hydrogen-bond donors (Lipinski definition) is 0. The Morgan fingerprint density at radius 2 is 2.39 bits per heavy atom. The summed E-state index contributed by atoms with van der Waals surface area (Å²) in [5.41, 5.74) is 0.779. The third-order valence-corrected chi connectivity index (χ3v) is 3.86. The molecule has 0 aliphatic rings. The summed E-state index contributed by atoms with van der Waals surface area (Å²) in [4.78, 5) is 14.7. The molecule has 2 rings (SSSR count). The Bertz CT molecular complexity index is 541. The monoisotopic (exact) mass is 266 g/mol. The van der Waals surface area contributed by atoms with E-state index >= 15 is 0 Å². The van der Waals surface area contributed by atoms with E-state index in [4.69, 9.17) is 4.74 Å². The first-order valence-electron chi connectivity index (χ1n) is 5.62. The molecule has 1 unspecified atom stereocenters. The summed E-state index contributed by atoms with van der Waals surface area (Å²) in [6.45, 7) is 1.67. The van der Waals surface area contributed by atoms with Gasteiger partial charge in [0.05, 0.1) is 6.61 Å². The van der Waals surface area contributed by atoms with Crippen molar-refractivity contribution in [3.8, 4) is 0 Å². The fraction of sp³-hybridized carbons (Fsp3) is 0.333. The third kappa shape index (κ3) is 3.02. The van der Waals surface area contributed by atoms with Gasteiger partial charge in [-0.2, -0.15) is 0 Å². The van der Waals surface area contributed by atoms with E-state index in [1.165, 1.54) is 6.92 Å². The highest BCUT2D eigenvalue weighted by Gasteiger charge is 2.14. The van der Waals surface area contributed by atoms with E-state index in [0.717, 1.165) is 5.65 Å². The van der Waals surface area contributed by atoms with Gasteiger partial charge in [-0.15, -0.1) is 0 Å². The Hall–Kier alpha value is -1.53. The van der Waals surface area contributed by atoms with Gasteiger partial charge in [0.25, 0.3) is 0 Å². The van der Waals surface area contributed by atoms with Gasteiger partial charge in [-0.05, 0) is 6.07 Å². The van der Waals surface area contributed by atoms with Gasteiger partial charge in [-0.25, -0.2) is 4.98 Å². The normalized spacial score (nSPS) is 12.6. The lowest BCUT2D eigenvalue weighted by atomic mass is 10.5. The summed E-state index contributed by atoms with van der Waals surface area (Å²) in [6, 6.07) is 5.51. The van der Waals surface area contributed by atoms with Crippen LogP contribution in [-0.4, -0.2) is 32.3 Å². The van der Waals surface area contributed by atoms with Crippen LogP contribution in [0.2, 0.25) is 0 Å². The summed E-state index contributed by atoms with van der Waals surface area (Å²) < 4.78 is 18.7. The van der Waals surface area contributed by atoms with Crippen LogP contribution in [0.5, 0.6) is 0 Å². The van der Waals surface area contributed by atoms with Gasteiger partial charge in [0.15, 0.2) is 0 Å². The number of rotatable bonds is 5. The lowest BCUT2D eigenvalue weighted by Crippen LogP contribution is -2.13. The molecule has 2 aromatic rings. The van der Waals surface area contributed by atoms with Crippen LogP contribution in [-0.2, 0) is 20.7 Å². The Balaban J connectivity index is 1.98. The van der Waals surface area contributed by atoms with Crippen LogP contribution in [0, 0.1) is 0 Å². The van der Waals surface area contributed by atoms with Crippen LogP contribution in [0.25, 0.3) is 5.65 Å². The second-order valence-electron chi connectivity index (χ2n) is 3.76. The van der Waals surface area contributed by atoms with Crippen molar-refractivity contribution >= 4 is 22.8 Å². The first-order valence-corrected chi connectivity index (χ1v) is 6.94. The van der Waals surface area contributed by atoms with E-state index in [0.29, 0.717) is 23.8 Å². The number of carbonyl (C=O) groups excluding carboxylic acids is 1. The number of ether oxygens (including phenoxy) is 1. The van der Waals surface area contributed by atoms with Gasteiger partial charge >= 0.3 is 5.97 Å². The van der Waals surface area contributed by atoms with Crippen LogP contribution in [0.1, 0.15) is 13.3 Å². The predicted octanol–water partition coefficient (Wildman–Crippen LogP) is 1.40. The molecule has 96 valence electrons. The minimum atomic E-state index is -1.12. The minimum Gasteiger partial charge on any atom is -0.610 e. The minimum absolute atomic E-state index is 0.307. The van der Waals surface area contributed by atoms with Crippen LogP contribution in [0.3, 0.4) is 0 Å². The van der Waals surface area contributed by atoms with Crippen molar-refractivity contribution < 1.29 is 14.1 Å². The predicted molar refractivity (Wildman–Crippen MR) is 67.7 cm³/mol. The second-order valence-corrected chi connectivity index (χ2v) is 5.28. The number of pyridine rings is 1. The van der Waals surface area contributed by atoms with E-state index in [9.17, 15) is 9.35 Å². The molecule has 0 saturated carbocycles. The highest BCUT2D eigenvalue weighted by atomic mass is 32.2. The maximum absolute atomic E-state index is 12.1. The number of carbonyl (C=O) groups is 1. The lowest BCUT2D eigenvalue weighted by molar-refractivity contribution is -0.140. The average Bonchev–Trinajstić information content (AvgIpc) is 2.82. The van der Waals surface area contributed by atoms with Crippen molar-refractivity contribution in [2.75, 3.05) is 12.4 Å². The van der Waals surface area contributed by atoms with E-state index in [2.05, 4.69) is 4.98 Å². The van der Waals surface area contributed by atoms with Crippen LogP contribution < -0.4 is 0 Å². The molecule has 0 aliphatic carbocycles. The fourth-order valence-corrected chi connectivity index (χ4v) is 2.81. The molecule has 6 heteroatoms. The van der Waals surface area contributed by atoms with Crippen molar-refractivity contribution in [2.24, 2.45) is 0 Å². The van der Waals surface area contributed by atoms with Crippen molar-refractivity contribution in [3.63, 3.8) is 0 Å². The van der Waals surface area contributed by atoms with Crippen molar-refractivity contribution in [1.82, 2.24) is 9.38 Å². The molecule has 0 N–H and O–H groups in total. The highest BCUT2D eigenvalue weighted by molar-refractivity contribution is 7.91. The average molecular weight is 266 g/mol. The first kappa shape index (κ1) is 12.9. The molecule has 2 aromatic heterocycles. The number of esters is 1. The molecule has 5 nitrogen and oxygen atoms in total. The van der Waals surface area contributed by atoms with E-state index in [-0.39, 0.29) is 5.97 Å². The van der Waals surface area contributed by atoms with Gasteiger partial charge in [0.2, 0.25) is 5.03 Å². The molecule has 0 amide bonds. The highest BCUT2D eigenvalue weighted by Crippen LogP contribution is 2.14. The summed E-state index contributed by atoms with van der Waals surface area (Å²) in [5, 5.41) is 0.716. The van der Waals surface area contributed by atoms with Gasteiger partial charge in [-0.1, -0.05) is 6.07 Å². The second kappa shape index (κ2) is 5.88. The third-order valence-electron chi connectivity index (χ3n) is 2.40. The Morgan fingerprint density at radius 1 is 1.56 bits per heavy atom. The van der Waals surface area contributed by atoms with Crippen LogP contribution in [0.15, 0.2) is 35.6 Å². The summed E-state index contributed by atoms with van der Waals surface area (Å²) >= 11 is -1.12. The first-order chi connectivity index (χ1) is 8.68. The number of imidazole rings is 1. The van der Waals surface area contributed by atoms with Crippen LogP contribution in [0.4, 0.5) is 0 Å². The van der Waals surface area contributed by atoms with E-state index in [1.807, 2.05) is 22.6 Å². The van der Waals surface area contributed by atoms with Crippen molar-refractivity contribution in [3.05, 3.63) is 30.6 Å². The number of nitrogens with zero attached hydrogens (tertiary/aromatic N) is 2. The van der Waals surface area contributed by atoms with E-state index < -0.39 is 11.2 Å². The van der Waals surface area contributed by atoms with Gasteiger partial charge in [0.1, 0.15) is 11.4 Å². The molecule has 0 spiro atoms. The zero-order chi connectivity index (χ0) is 13.0. The molecule has 0 saturated heterocycles. The Labute approximate surface area is 108 Å². The molecule has 0 fully saturated rings. The zero-order valence-electron chi connectivity index (χ0n) is 10.0. The molecule has 0 aliphatic heterocycles. The zero-order valence-corrected chi connectivity index (χ0v) is 10.9. The summed E-state index contributed by atoms with van der Waals surface area (Å²) in [6.07, 6.45) is 4.04. The van der Waals surface area contributed by atoms with Crippen molar-refractivity contribution in [2.45, 2.75) is 18.4 Å². The molecular formula is C12H14N2O3S. The molecule has 18 heavy (non-hydrogen) atoms. The van der Waals surface area contributed by atoms with Crippen LogP contribution >= 0.6 is 0 Å². The number of hydrogen-bond acceptors (Lipinski definition) is 4. The SMILES string of the molecule is CC(=O)OCCC[S+]([O-])c1cccc2nccn12. The van der Waals surface area contributed by atoms with Crippen molar-refractivity contribution in [1.29, 1.82) is 0 Å². The molecule has 0 bridgehead atoms. The van der Waals surface area contributed by atoms with Gasteiger partial charge in [-0.3, -0.25) is 9.20 Å². The molecule has 0 radical (unpaired) electrons. The quantitative estimate of drug-likeness (QED) is 0.466. The summed E-state index contributed by atoms with van der Waals surface area (Å²) in [7, 11) is 0. The topological polar surface area (TPSA) is 66.7 Å². The van der Waals surface area contributed by atoms with Gasteiger partial charge in [0, 0.05) is 43.0 Å². The number of aromatic nitrogens is 2. The molecule has 0 aromatic carbocycles. The maximum atomic E-state index is 12.1. The maximum Gasteiger partial charge on any atom is 0.302 e. The fourth-order valence-electron chi connectivity index (χ4n) is 1.62. The summed E-state index contributed by atoms with van der Waals surface area (Å²) in [5.74, 6) is 0.155. The Morgan fingerprint density at radius 3 is 3.17 bits per heavy atom. The molecule has 2 heterocycles.